The molecule has 0 N–H and O–H groups in total. The molecule has 0 aliphatic rings. The van der Waals surface area contributed by atoms with Crippen LogP contribution in [-0.4, -0.2) is 0 Å². The molecule has 0 radical (unpaired) electrons. The topological polar surface area (TPSA) is 13.1 Å². The SMILES string of the molecule is CC(C)[C@@H](c1ccc(Cl)o1)C(C)(C)C. The van der Waals surface area contributed by atoms with E-state index in [1.807, 2.05) is 12.1 Å². The molecule has 1 heterocycles. The van der Waals surface area contributed by atoms with Crippen molar-refractivity contribution in [2.45, 2.75) is 40.5 Å². The van der Waals surface area contributed by atoms with Crippen molar-refractivity contribution in [2.24, 2.45) is 11.3 Å². The van der Waals surface area contributed by atoms with Crippen LogP contribution in [0.1, 0.15) is 46.3 Å². The van der Waals surface area contributed by atoms with E-state index in [0.717, 1.165) is 5.76 Å². The Hall–Kier alpha value is -0.430. The van der Waals surface area contributed by atoms with Crippen LogP contribution in [0.5, 0.6) is 0 Å². The Balaban J connectivity index is 3.01. The first-order valence-electron chi connectivity index (χ1n) is 5.07. The highest BCUT2D eigenvalue weighted by atomic mass is 35.5. The van der Waals surface area contributed by atoms with E-state index in [9.17, 15) is 0 Å². The van der Waals surface area contributed by atoms with Crippen LogP contribution >= 0.6 is 11.6 Å². The fourth-order valence-electron chi connectivity index (χ4n) is 2.25. The van der Waals surface area contributed by atoms with Crippen molar-refractivity contribution in [2.75, 3.05) is 0 Å². The third-order valence-corrected chi connectivity index (χ3v) is 2.70. The number of halogens is 1. The Bertz CT molecular complexity index is 294. The summed E-state index contributed by atoms with van der Waals surface area (Å²) in [6.07, 6.45) is 0. The molecule has 1 atom stereocenters. The van der Waals surface area contributed by atoms with Gasteiger partial charge in [0.25, 0.3) is 0 Å². The van der Waals surface area contributed by atoms with Gasteiger partial charge in [0.1, 0.15) is 5.76 Å². The van der Waals surface area contributed by atoms with Gasteiger partial charge in [-0.2, -0.15) is 0 Å². The van der Waals surface area contributed by atoms with Gasteiger partial charge in [-0.15, -0.1) is 0 Å². The monoisotopic (exact) mass is 214 g/mol. The molecule has 0 fully saturated rings. The quantitative estimate of drug-likeness (QED) is 0.695. The van der Waals surface area contributed by atoms with E-state index in [-0.39, 0.29) is 5.41 Å². The number of rotatable bonds is 2. The summed E-state index contributed by atoms with van der Waals surface area (Å²) in [7, 11) is 0. The highest BCUT2D eigenvalue weighted by molar-refractivity contribution is 6.28. The Morgan fingerprint density at radius 1 is 1.21 bits per heavy atom. The maximum absolute atomic E-state index is 5.79. The van der Waals surface area contributed by atoms with Crippen LogP contribution in [-0.2, 0) is 0 Å². The van der Waals surface area contributed by atoms with Crippen molar-refractivity contribution < 1.29 is 4.42 Å². The molecule has 0 spiro atoms. The van der Waals surface area contributed by atoms with Gasteiger partial charge in [0.2, 0.25) is 0 Å². The first-order valence-corrected chi connectivity index (χ1v) is 5.45. The summed E-state index contributed by atoms with van der Waals surface area (Å²) in [5.41, 5.74) is 0.204. The molecule has 0 aliphatic heterocycles. The van der Waals surface area contributed by atoms with Gasteiger partial charge in [0, 0.05) is 5.92 Å². The van der Waals surface area contributed by atoms with E-state index in [0.29, 0.717) is 17.1 Å². The third-order valence-electron chi connectivity index (χ3n) is 2.50. The Morgan fingerprint density at radius 2 is 1.79 bits per heavy atom. The van der Waals surface area contributed by atoms with Gasteiger partial charge in [-0.25, -0.2) is 0 Å². The minimum atomic E-state index is 0.204. The first-order chi connectivity index (χ1) is 6.32. The standard InChI is InChI=1S/C12H19ClO/c1-8(2)11(12(3,4)5)9-6-7-10(13)14-9/h6-8,11H,1-5H3/t11-/m0/s1. The molecule has 1 nitrogen and oxygen atoms in total. The van der Waals surface area contributed by atoms with Crippen molar-refractivity contribution in [3.05, 3.63) is 23.1 Å². The number of furan rings is 1. The Kier molecular flexibility index (Phi) is 3.31. The van der Waals surface area contributed by atoms with E-state index < -0.39 is 0 Å². The van der Waals surface area contributed by atoms with E-state index in [1.54, 1.807) is 0 Å². The largest absolute Gasteiger partial charge is 0.449 e. The van der Waals surface area contributed by atoms with E-state index >= 15 is 0 Å². The lowest BCUT2D eigenvalue weighted by Gasteiger charge is -2.32. The lowest BCUT2D eigenvalue weighted by atomic mass is 9.73. The summed E-state index contributed by atoms with van der Waals surface area (Å²) in [6, 6.07) is 3.80. The van der Waals surface area contributed by atoms with Gasteiger partial charge in [-0.3, -0.25) is 0 Å². The minimum Gasteiger partial charge on any atom is -0.449 e. The van der Waals surface area contributed by atoms with Gasteiger partial charge >= 0.3 is 0 Å². The number of hydrogen-bond donors (Lipinski definition) is 0. The molecule has 1 rings (SSSR count). The summed E-state index contributed by atoms with van der Waals surface area (Å²) in [4.78, 5) is 0. The molecule has 0 amide bonds. The van der Waals surface area contributed by atoms with E-state index in [4.69, 9.17) is 16.0 Å². The lowest BCUT2D eigenvalue weighted by Crippen LogP contribution is -2.22. The van der Waals surface area contributed by atoms with Gasteiger partial charge in [-0.1, -0.05) is 34.6 Å². The van der Waals surface area contributed by atoms with Crippen molar-refractivity contribution >= 4 is 11.6 Å². The average molecular weight is 215 g/mol. The molecule has 0 bridgehead atoms. The van der Waals surface area contributed by atoms with Gasteiger partial charge < -0.3 is 4.42 Å². The van der Waals surface area contributed by atoms with Gasteiger partial charge in [0.15, 0.2) is 5.22 Å². The van der Waals surface area contributed by atoms with Crippen LogP contribution in [0.4, 0.5) is 0 Å². The molecule has 0 saturated heterocycles. The molecule has 2 heteroatoms. The molecule has 1 aromatic rings. The van der Waals surface area contributed by atoms with Gasteiger partial charge in [-0.05, 0) is 35.1 Å². The predicted molar refractivity (Wildman–Crippen MR) is 60.8 cm³/mol. The minimum absolute atomic E-state index is 0.204. The molecule has 1 aromatic heterocycles. The summed E-state index contributed by atoms with van der Waals surface area (Å²) in [5.74, 6) is 1.96. The van der Waals surface area contributed by atoms with Crippen LogP contribution in [0.3, 0.4) is 0 Å². The second-order valence-electron chi connectivity index (χ2n) is 5.23. The predicted octanol–water partition coefficient (Wildman–Crippen LogP) is 4.72. The maximum atomic E-state index is 5.79. The molecule has 14 heavy (non-hydrogen) atoms. The molecular formula is C12H19ClO. The van der Waals surface area contributed by atoms with Crippen molar-refractivity contribution in [1.82, 2.24) is 0 Å². The maximum Gasteiger partial charge on any atom is 0.193 e. The highest BCUT2D eigenvalue weighted by Crippen LogP contribution is 2.41. The normalized spacial score (nSPS) is 14.8. The second kappa shape index (κ2) is 3.98. The number of hydrogen-bond acceptors (Lipinski definition) is 1. The van der Waals surface area contributed by atoms with Crippen LogP contribution in [0, 0.1) is 11.3 Å². The molecule has 80 valence electrons. The summed E-state index contributed by atoms with van der Waals surface area (Å²) >= 11 is 5.79. The first kappa shape index (κ1) is 11.6. The lowest BCUT2D eigenvalue weighted by molar-refractivity contribution is 0.225. The highest BCUT2D eigenvalue weighted by Gasteiger charge is 2.31. The zero-order valence-electron chi connectivity index (χ0n) is 9.60. The fraction of sp³-hybridized carbons (Fsp3) is 0.667. The molecule has 0 saturated carbocycles. The third kappa shape index (κ3) is 2.54. The fourth-order valence-corrected chi connectivity index (χ4v) is 2.40. The zero-order valence-corrected chi connectivity index (χ0v) is 10.4. The molecular weight excluding hydrogens is 196 g/mol. The van der Waals surface area contributed by atoms with Crippen LogP contribution in [0.2, 0.25) is 5.22 Å². The summed E-state index contributed by atoms with van der Waals surface area (Å²) in [6.45, 7) is 11.1. The van der Waals surface area contributed by atoms with Crippen molar-refractivity contribution in [3.63, 3.8) is 0 Å². The van der Waals surface area contributed by atoms with Crippen LogP contribution in [0.25, 0.3) is 0 Å². The molecule has 0 unspecified atom stereocenters. The summed E-state index contributed by atoms with van der Waals surface area (Å²) < 4.78 is 5.50. The van der Waals surface area contributed by atoms with Crippen molar-refractivity contribution in [1.29, 1.82) is 0 Å². The Morgan fingerprint density at radius 3 is 2.07 bits per heavy atom. The molecule has 0 aliphatic carbocycles. The zero-order chi connectivity index (χ0) is 10.9. The summed E-state index contributed by atoms with van der Waals surface area (Å²) in [5, 5.41) is 0.481. The molecule has 0 aromatic carbocycles. The average Bonchev–Trinajstić information content (AvgIpc) is 2.31. The van der Waals surface area contributed by atoms with Crippen molar-refractivity contribution in [3.8, 4) is 0 Å². The van der Waals surface area contributed by atoms with Gasteiger partial charge in [0.05, 0.1) is 0 Å². The second-order valence-corrected chi connectivity index (χ2v) is 5.60. The van der Waals surface area contributed by atoms with Crippen LogP contribution in [0.15, 0.2) is 16.5 Å². The Labute approximate surface area is 91.4 Å². The van der Waals surface area contributed by atoms with E-state index in [1.165, 1.54) is 0 Å². The van der Waals surface area contributed by atoms with E-state index in [2.05, 4.69) is 34.6 Å². The van der Waals surface area contributed by atoms with Crippen LogP contribution < -0.4 is 0 Å². The smallest absolute Gasteiger partial charge is 0.193 e.